The largest absolute Gasteiger partial charge is 0.468 e. The van der Waals surface area contributed by atoms with Gasteiger partial charge in [0.2, 0.25) is 0 Å². The van der Waals surface area contributed by atoms with Crippen LogP contribution in [-0.4, -0.2) is 19.6 Å². The van der Waals surface area contributed by atoms with Crippen LogP contribution >= 0.6 is 15.9 Å². The van der Waals surface area contributed by atoms with Gasteiger partial charge in [0.25, 0.3) is 0 Å². The number of ether oxygens (including phenoxy) is 1. The number of carbonyl (C=O) groups excluding carboxylic acids is 1. The van der Waals surface area contributed by atoms with Gasteiger partial charge in [0.15, 0.2) is 0 Å². The highest BCUT2D eigenvalue weighted by molar-refractivity contribution is 9.10. The maximum atomic E-state index is 13.2. The summed E-state index contributed by atoms with van der Waals surface area (Å²) in [5.74, 6) is -0.858. The van der Waals surface area contributed by atoms with Gasteiger partial charge in [-0.2, -0.15) is 0 Å². The van der Waals surface area contributed by atoms with E-state index in [0.717, 1.165) is 0 Å². The second-order valence-electron chi connectivity index (χ2n) is 2.53. The lowest BCUT2D eigenvalue weighted by molar-refractivity contribution is -0.138. The van der Waals surface area contributed by atoms with Crippen molar-refractivity contribution in [1.82, 2.24) is 0 Å². The van der Waals surface area contributed by atoms with Crippen LogP contribution in [0.2, 0.25) is 0 Å². The summed E-state index contributed by atoms with van der Waals surface area (Å²) in [6.45, 7) is -0.0595. The monoisotopic (exact) mass is 261 g/mol. The summed E-state index contributed by atoms with van der Waals surface area (Å²) in [6.07, 6.45) is 0. The number of para-hydroxylation sites is 1. The number of carbonyl (C=O) groups is 1. The molecule has 0 aliphatic heterocycles. The van der Waals surface area contributed by atoms with E-state index >= 15 is 0 Å². The Kier molecular flexibility index (Phi) is 3.88. The van der Waals surface area contributed by atoms with Crippen LogP contribution in [0.25, 0.3) is 0 Å². The fourth-order valence-corrected chi connectivity index (χ4v) is 1.38. The smallest absolute Gasteiger partial charge is 0.325 e. The van der Waals surface area contributed by atoms with Crippen LogP contribution in [0.15, 0.2) is 22.7 Å². The summed E-state index contributed by atoms with van der Waals surface area (Å²) >= 11 is 3.16. The van der Waals surface area contributed by atoms with Gasteiger partial charge in [0.05, 0.1) is 12.8 Å². The van der Waals surface area contributed by atoms with Gasteiger partial charge in [-0.15, -0.1) is 0 Å². The molecule has 76 valence electrons. The van der Waals surface area contributed by atoms with E-state index in [1.165, 1.54) is 13.2 Å². The van der Waals surface area contributed by atoms with Crippen molar-refractivity contribution in [3.05, 3.63) is 28.5 Å². The van der Waals surface area contributed by atoms with Crippen LogP contribution in [0.4, 0.5) is 10.1 Å². The van der Waals surface area contributed by atoms with Crippen molar-refractivity contribution < 1.29 is 13.9 Å². The average Bonchev–Trinajstić information content (AvgIpc) is 2.16. The number of anilines is 1. The molecule has 0 radical (unpaired) electrons. The SMILES string of the molecule is COC(=O)CNc1c(F)cccc1Br. The van der Waals surface area contributed by atoms with Crippen molar-refractivity contribution in [3.8, 4) is 0 Å². The quantitative estimate of drug-likeness (QED) is 0.848. The van der Waals surface area contributed by atoms with E-state index < -0.39 is 11.8 Å². The zero-order valence-corrected chi connectivity index (χ0v) is 9.10. The summed E-state index contributed by atoms with van der Waals surface area (Å²) in [5, 5.41) is 2.64. The standard InChI is InChI=1S/C9H9BrFNO2/c1-14-8(13)5-12-9-6(10)3-2-4-7(9)11/h2-4,12H,5H2,1H3. The predicted octanol–water partition coefficient (Wildman–Crippen LogP) is 2.17. The topological polar surface area (TPSA) is 38.3 Å². The number of benzene rings is 1. The Hall–Kier alpha value is -1.10. The molecule has 0 unspecified atom stereocenters. The highest BCUT2D eigenvalue weighted by Crippen LogP contribution is 2.24. The summed E-state index contributed by atoms with van der Waals surface area (Å²) in [7, 11) is 1.28. The van der Waals surface area contributed by atoms with Crippen molar-refractivity contribution in [2.75, 3.05) is 19.0 Å². The van der Waals surface area contributed by atoms with Crippen molar-refractivity contribution in [3.63, 3.8) is 0 Å². The molecule has 0 saturated carbocycles. The zero-order chi connectivity index (χ0) is 10.6. The molecule has 1 aromatic carbocycles. The van der Waals surface area contributed by atoms with Crippen LogP contribution in [0, 0.1) is 5.82 Å². The van der Waals surface area contributed by atoms with Gasteiger partial charge >= 0.3 is 5.97 Å². The van der Waals surface area contributed by atoms with Crippen LogP contribution in [0.5, 0.6) is 0 Å². The second-order valence-corrected chi connectivity index (χ2v) is 3.38. The third-order valence-corrected chi connectivity index (χ3v) is 2.26. The molecule has 0 saturated heterocycles. The number of nitrogens with one attached hydrogen (secondary N) is 1. The van der Waals surface area contributed by atoms with Gasteiger partial charge in [-0.1, -0.05) is 6.07 Å². The third-order valence-electron chi connectivity index (χ3n) is 1.60. The van der Waals surface area contributed by atoms with Crippen molar-refractivity contribution >= 4 is 27.6 Å². The minimum Gasteiger partial charge on any atom is -0.468 e. The molecule has 0 spiro atoms. The van der Waals surface area contributed by atoms with Gasteiger partial charge in [-0.25, -0.2) is 4.39 Å². The molecule has 5 heteroatoms. The normalized spacial score (nSPS) is 9.64. The minimum absolute atomic E-state index is 0.0595. The van der Waals surface area contributed by atoms with E-state index in [1.54, 1.807) is 12.1 Å². The molecule has 0 fully saturated rings. The first-order valence-corrected chi connectivity index (χ1v) is 4.69. The molecular formula is C9H9BrFNO2. The fraction of sp³-hybridized carbons (Fsp3) is 0.222. The Labute approximate surface area is 89.4 Å². The van der Waals surface area contributed by atoms with E-state index in [-0.39, 0.29) is 12.2 Å². The van der Waals surface area contributed by atoms with Crippen LogP contribution in [0.3, 0.4) is 0 Å². The molecule has 1 aromatic rings. The summed E-state index contributed by atoms with van der Waals surface area (Å²) in [5.41, 5.74) is 0.262. The molecule has 0 heterocycles. The molecule has 0 aromatic heterocycles. The van der Waals surface area contributed by atoms with E-state index in [1.807, 2.05) is 0 Å². The molecule has 3 nitrogen and oxygen atoms in total. The van der Waals surface area contributed by atoms with Gasteiger partial charge < -0.3 is 10.1 Å². The Balaban J connectivity index is 2.71. The molecule has 0 bridgehead atoms. The van der Waals surface area contributed by atoms with E-state index in [0.29, 0.717) is 4.47 Å². The zero-order valence-electron chi connectivity index (χ0n) is 7.51. The third kappa shape index (κ3) is 2.70. The van der Waals surface area contributed by atoms with Gasteiger partial charge in [-0.3, -0.25) is 4.79 Å². The average molecular weight is 262 g/mol. The van der Waals surface area contributed by atoms with Crippen molar-refractivity contribution in [2.45, 2.75) is 0 Å². The summed E-state index contributed by atoms with van der Waals surface area (Å²) < 4.78 is 18.1. The predicted molar refractivity (Wildman–Crippen MR) is 54.6 cm³/mol. The summed E-state index contributed by atoms with van der Waals surface area (Å²) in [4.78, 5) is 10.8. The highest BCUT2D eigenvalue weighted by atomic mass is 79.9. The number of halogens is 2. The number of esters is 1. The van der Waals surface area contributed by atoms with Gasteiger partial charge in [0.1, 0.15) is 12.4 Å². The molecule has 1 rings (SSSR count). The maximum absolute atomic E-state index is 13.2. The Morgan fingerprint density at radius 2 is 2.36 bits per heavy atom. The lowest BCUT2D eigenvalue weighted by Gasteiger charge is -2.07. The summed E-state index contributed by atoms with van der Waals surface area (Å²) in [6, 6.07) is 4.57. The molecule has 14 heavy (non-hydrogen) atoms. The van der Waals surface area contributed by atoms with Crippen molar-refractivity contribution in [1.29, 1.82) is 0 Å². The van der Waals surface area contributed by atoms with Crippen LogP contribution < -0.4 is 5.32 Å². The minimum atomic E-state index is -0.444. The maximum Gasteiger partial charge on any atom is 0.325 e. The highest BCUT2D eigenvalue weighted by Gasteiger charge is 2.07. The van der Waals surface area contributed by atoms with Crippen LogP contribution in [-0.2, 0) is 9.53 Å². The lowest BCUT2D eigenvalue weighted by Crippen LogP contribution is -2.15. The first-order valence-electron chi connectivity index (χ1n) is 3.90. The molecule has 0 aliphatic rings. The van der Waals surface area contributed by atoms with E-state index in [4.69, 9.17) is 0 Å². The number of hydrogen-bond acceptors (Lipinski definition) is 3. The first-order chi connectivity index (χ1) is 6.65. The van der Waals surface area contributed by atoms with Crippen LogP contribution in [0.1, 0.15) is 0 Å². The number of rotatable bonds is 3. The second kappa shape index (κ2) is 4.95. The first kappa shape index (κ1) is 11.0. The van der Waals surface area contributed by atoms with Crippen molar-refractivity contribution in [2.24, 2.45) is 0 Å². The lowest BCUT2D eigenvalue weighted by atomic mass is 10.3. The molecule has 0 amide bonds. The van der Waals surface area contributed by atoms with E-state index in [9.17, 15) is 9.18 Å². The van der Waals surface area contributed by atoms with E-state index in [2.05, 4.69) is 26.0 Å². The molecule has 1 N–H and O–H groups in total. The molecular weight excluding hydrogens is 253 g/mol. The Morgan fingerprint density at radius 3 is 2.93 bits per heavy atom. The van der Waals surface area contributed by atoms with Gasteiger partial charge in [-0.05, 0) is 28.1 Å². The fourth-order valence-electron chi connectivity index (χ4n) is 0.899. The number of methoxy groups -OCH3 is 1. The Bertz CT molecular complexity index is 323. The molecule has 0 aliphatic carbocycles. The number of hydrogen-bond donors (Lipinski definition) is 1. The Morgan fingerprint density at radius 1 is 1.64 bits per heavy atom. The molecule has 0 atom stereocenters. The van der Waals surface area contributed by atoms with Gasteiger partial charge in [0, 0.05) is 4.47 Å².